The van der Waals surface area contributed by atoms with Gasteiger partial charge in [0.2, 0.25) is 0 Å². The topological polar surface area (TPSA) is 55.1 Å². The maximum absolute atomic E-state index is 10.9. The molecule has 4 heteroatoms. The Morgan fingerprint density at radius 3 is 2.78 bits per heavy atom. The van der Waals surface area contributed by atoms with Crippen molar-refractivity contribution in [3.8, 4) is 11.4 Å². The van der Waals surface area contributed by atoms with Crippen LogP contribution in [-0.4, -0.2) is 20.6 Å². The molecule has 0 bridgehead atoms. The number of benzene rings is 1. The van der Waals surface area contributed by atoms with Crippen molar-refractivity contribution in [1.29, 1.82) is 0 Å². The molecule has 1 aromatic carbocycles. The summed E-state index contributed by atoms with van der Waals surface area (Å²) >= 11 is 0. The normalized spacial score (nSPS) is 12.3. The summed E-state index contributed by atoms with van der Waals surface area (Å²) in [6.07, 6.45) is 4.14. The third-order valence-corrected chi connectivity index (χ3v) is 3.03. The average molecular weight is 244 g/mol. The number of carboxylic acids is 1. The largest absolute Gasteiger partial charge is 0.481 e. The van der Waals surface area contributed by atoms with Crippen molar-refractivity contribution in [1.82, 2.24) is 9.55 Å². The molecule has 0 amide bonds. The lowest BCUT2D eigenvalue weighted by Gasteiger charge is -2.11. The third-order valence-electron chi connectivity index (χ3n) is 3.03. The number of nitrogens with zero attached hydrogens (tertiary/aromatic N) is 2. The molecule has 2 rings (SSSR count). The van der Waals surface area contributed by atoms with Gasteiger partial charge in [0.25, 0.3) is 0 Å². The van der Waals surface area contributed by atoms with Crippen LogP contribution in [-0.2, 0) is 18.3 Å². The number of imidazole rings is 1. The second-order valence-electron chi connectivity index (χ2n) is 4.46. The van der Waals surface area contributed by atoms with Crippen LogP contribution in [0.4, 0.5) is 0 Å². The number of aliphatic carboxylic acids is 1. The second-order valence-corrected chi connectivity index (χ2v) is 4.46. The number of carboxylic acid groups (broad SMARTS) is 1. The summed E-state index contributed by atoms with van der Waals surface area (Å²) in [6, 6.07) is 7.81. The van der Waals surface area contributed by atoms with Crippen molar-refractivity contribution in [2.45, 2.75) is 13.3 Å². The van der Waals surface area contributed by atoms with Gasteiger partial charge in [-0.25, -0.2) is 4.98 Å². The van der Waals surface area contributed by atoms with Gasteiger partial charge >= 0.3 is 5.97 Å². The lowest BCUT2D eigenvalue weighted by Crippen LogP contribution is -2.13. The van der Waals surface area contributed by atoms with Crippen LogP contribution in [0, 0.1) is 5.92 Å². The molecule has 0 saturated heterocycles. The molecule has 0 aliphatic carbocycles. The highest BCUT2D eigenvalue weighted by molar-refractivity contribution is 5.71. The summed E-state index contributed by atoms with van der Waals surface area (Å²) in [5.41, 5.74) is 2.01. The fourth-order valence-corrected chi connectivity index (χ4v) is 1.96. The monoisotopic (exact) mass is 244 g/mol. The van der Waals surface area contributed by atoms with Crippen molar-refractivity contribution in [3.63, 3.8) is 0 Å². The van der Waals surface area contributed by atoms with E-state index in [4.69, 9.17) is 5.11 Å². The molecule has 0 aliphatic heterocycles. The molecular weight excluding hydrogens is 228 g/mol. The number of hydrogen-bond acceptors (Lipinski definition) is 2. The van der Waals surface area contributed by atoms with Gasteiger partial charge in [-0.15, -0.1) is 0 Å². The zero-order valence-electron chi connectivity index (χ0n) is 10.5. The Morgan fingerprint density at radius 1 is 1.44 bits per heavy atom. The average Bonchev–Trinajstić information content (AvgIpc) is 2.76. The smallest absolute Gasteiger partial charge is 0.306 e. The van der Waals surface area contributed by atoms with Crippen LogP contribution < -0.4 is 0 Å². The van der Waals surface area contributed by atoms with Gasteiger partial charge in [-0.1, -0.05) is 31.2 Å². The summed E-state index contributed by atoms with van der Waals surface area (Å²) in [5.74, 6) is -0.306. The molecule has 0 aliphatic rings. The van der Waals surface area contributed by atoms with Crippen LogP contribution >= 0.6 is 0 Å². The first kappa shape index (κ1) is 12.4. The number of aromatic nitrogens is 2. The molecule has 1 unspecified atom stereocenters. The molecule has 1 aromatic heterocycles. The van der Waals surface area contributed by atoms with E-state index in [1.807, 2.05) is 42.1 Å². The molecule has 0 spiro atoms. The lowest BCUT2D eigenvalue weighted by atomic mass is 9.96. The van der Waals surface area contributed by atoms with Crippen LogP contribution in [0.25, 0.3) is 11.4 Å². The maximum Gasteiger partial charge on any atom is 0.306 e. The molecule has 4 nitrogen and oxygen atoms in total. The Kier molecular flexibility index (Phi) is 3.46. The molecule has 2 aromatic rings. The van der Waals surface area contributed by atoms with Crippen molar-refractivity contribution in [2.75, 3.05) is 0 Å². The predicted molar refractivity (Wildman–Crippen MR) is 69.1 cm³/mol. The standard InChI is InChI=1S/C14H16N2O2/c1-10(14(17)18)9-11-5-3-4-6-12(11)13-15-7-8-16(13)2/h3-8,10H,9H2,1-2H3,(H,17,18). The Hall–Kier alpha value is -2.10. The minimum absolute atomic E-state index is 0.397. The summed E-state index contributed by atoms with van der Waals surface area (Å²) in [6.45, 7) is 1.72. The van der Waals surface area contributed by atoms with Crippen molar-refractivity contribution >= 4 is 5.97 Å². The van der Waals surface area contributed by atoms with Crippen molar-refractivity contribution < 1.29 is 9.90 Å². The highest BCUT2D eigenvalue weighted by Crippen LogP contribution is 2.23. The highest BCUT2D eigenvalue weighted by Gasteiger charge is 2.15. The number of aryl methyl sites for hydroxylation is 1. The van der Waals surface area contributed by atoms with Crippen LogP contribution in [0.2, 0.25) is 0 Å². The van der Waals surface area contributed by atoms with Gasteiger partial charge in [-0.2, -0.15) is 0 Å². The predicted octanol–water partition coefficient (Wildman–Crippen LogP) is 2.35. The molecular formula is C14H16N2O2. The fraction of sp³-hybridized carbons (Fsp3) is 0.286. The van der Waals surface area contributed by atoms with Gasteiger partial charge in [0.05, 0.1) is 5.92 Å². The van der Waals surface area contributed by atoms with E-state index in [0.717, 1.165) is 17.0 Å². The first-order valence-corrected chi connectivity index (χ1v) is 5.88. The van der Waals surface area contributed by atoms with E-state index >= 15 is 0 Å². The molecule has 94 valence electrons. The maximum atomic E-state index is 10.9. The molecule has 0 saturated carbocycles. The summed E-state index contributed by atoms with van der Waals surface area (Å²) < 4.78 is 1.93. The zero-order valence-corrected chi connectivity index (χ0v) is 10.5. The first-order valence-electron chi connectivity index (χ1n) is 5.88. The van der Waals surface area contributed by atoms with Crippen LogP contribution in [0.5, 0.6) is 0 Å². The molecule has 1 N–H and O–H groups in total. The van der Waals surface area contributed by atoms with Crippen molar-refractivity contribution in [3.05, 3.63) is 42.2 Å². The quantitative estimate of drug-likeness (QED) is 0.898. The van der Waals surface area contributed by atoms with E-state index in [1.165, 1.54) is 0 Å². The van der Waals surface area contributed by atoms with Gasteiger partial charge in [0.15, 0.2) is 0 Å². The molecule has 18 heavy (non-hydrogen) atoms. The number of hydrogen-bond donors (Lipinski definition) is 1. The van der Waals surface area contributed by atoms with Crippen LogP contribution in [0.1, 0.15) is 12.5 Å². The van der Waals surface area contributed by atoms with E-state index in [9.17, 15) is 4.79 Å². The van der Waals surface area contributed by atoms with Gasteiger partial charge in [-0.3, -0.25) is 4.79 Å². The lowest BCUT2D eigenvalue weighted by molar-refractivity contribution is -0.141. The fourth-order valence-electron chi connectivity index (χ4n) is 1.96. The SMILES string of the molecule is CC(Cc1ccccc1-c1nccn1C)C(=O)O. The Labute approximate surface area is 106 Å². The van der Waals surface area contributed by atoms with Gasteiger partial charge < -0.3 is 9.67 Å². The molecule has 1 heterocycles. The van der Waals surface area contributed by atoms with E-state index in [0.29, 0.717) is 6.42 Å². The van der Waals surface area contributed by atoms with Crippen LogP contribution in [0.15, 0.2) is 36.7 Å². The Morgan fingerprint density at radius 2 is 2.17 bits per heavy atom. The van der Waals surface area contributed by atoms with E-state index in [1.54, 1.807) is 13.1 Å². The summed E-state index contributed by atoms with van der Waals surface area (Å²) in [4.78, 5) is 15.3. The zero-order chi connectivity index (χ0) is 13.1. The van der Waals surface area contributed by atoms with Gasteiger partial charge in [-0.05, 0) is 12.0 Å². The van der Waals surface area contributed by atoms with E-state index in [2.05, 4.69) is 4.98 Å². The van der Waals surface area contributed by atoms with E-state index in [-0.39, 0.29) is 0 Å². The van der Waals surface area contributed by atoms with Gasteiger partial charge in [0.1, 0.15) is 5.82 Å². The Balaban J connectivity index is 2.38. The van der Waals surface area contributed by atoms with Crippen molar-refractivity contribution in [2.24, 2.45) is 13.0 Å². The second kappa shape index (κ2) is 5.04. The summed E-state index contributed by atoms with van der Waals surface area (Å²) in [5, 5.41) is 9.00. The Bertz CT molecular complexity index is 560. The minimum Gasteiger partial charge on any atom is -0.481 e. The summed E-state index contributed by atoms with van der Waals surface area (Å²) in [7, 11) is 1.93. The third kappa shape index (κ3) is 2.42. The highest BCUT2D eigenvalue weighted by atomic mass is 16.4. The first-order chi connectivity index (χ1) is 8.59. The molecule has 0 radical (unpaired) electrons. The molecule has 1 atom stereocenters. The van der Waals surface area contributed by atoms with Crippen LogP contribution in [0.3, 0.4) is 0 Å². The van der Waals surface area contributed by atoms with E-state index < -0.39 is 11.9 Å². The van der Waals surface area contributed by atoms with Gasteiger partial charge in [0, 0.05) is 25.0 Å². The molecule has 0 fully saturated rings. The number of rotatable bonds is 4. The minimum atomic E-state index is -0.773. The number of carbonyl (C=O) groups is 1.